The van der Waals surface area contributed by atoms with Gasteiger partial charge in [-0.2, -0.15) is 0 Å². The summed E-state index contributed by atoms with van der Waals surface area (Å²) >= 11 is 0. The van der Waals surface area contributed by atoms with Crippen LogP contribution < -0.4 is 9.80 Å². The number of amides is 3. The first-order chi connectivity index (χ1) is 24.3. The number of ether oxygens (including phenoxy) is 1. The average Bonchev–Trinajstić information content (AvgIpc) is 3.53. The molecule has 0 radical (unpaired) electrons. The smallest absolute Gasteiger partial charge is 0.269 e. The number of carbonyl (C=O) groups excluding carboxylic acids is 3. The summed E-state index contributed by atoms with van der Waals surface area (Å²) < 4.78 is 23.3. The van der Waals surface area contributed by atoms with Gasteiger partial charge in [0.05, 0.1) is 42.3 Å². The fraction of sp³-hybridized carbons (Fsp3) is 0.447. The van der Waals surface area contributed by atoms with Gasteiger partial charge in [-0.1, -0.05) is 43.3 Å². The fourth-order valence-corrected chi connectivity index (χ4v) is 11.4. The first kappa shape index (κ1) is 35.0. The van der Waals surface area contributed by atoms with Crippen LogP contribution >= 0.6 is 0 Å². The second-order valence-electron chi connectivity index (χ2n) is 14.8. The van der Waals surface area contributed by atoms with Crippen molar-refractivity contribution in [2.24, 2.45) is 5.92 Å². The van der Waals surface area contributed by atoms with Gasteiger partial charge < -0.3 is 28.7 Å². The molecule has 2 fully saturated rings. The van der Waals surface area contributed by atoms with Gasteiger partial charge in [0, 0.05) is 54.4 Å². The lowest BCUT2D eigenvalue weighted by Gasteiger charge is -2.37. The van der Waals surface area contributed by atoms with Gasteiger partial charge in [-0.05, 0) is 67.2 Å². The number of carbonyl (C=O) groups is 3. The van der Waals surface area contributed by atoms with Crippen LogP contribution in [0.15, 0.2) is 66.7 Å². The van der Waals surface area contributed by atoms with E-state index >= 15 is 4.11 Å². The lowest BCUT2D eigenvalue weighted by atomic mass is 9.82. The zero-order chi connectivity index (χ0) is 36.2. The van der Waals surface area contributed by atoms with Crippen molar-refractivity contribution < 1.29 is 33.3 Å². The first-order valence-corrected chi connectivity index (χ1v) is 20.6. The molecule has 0 aliphatic carbocycles. The van der Waals surface area contributed by atoms with E-state index < -0.39 is 48.4 Å². The van der Waals surface area contributed by atoms with Crippen LogP contribution in [0, 0.1) is 16.0 Å². The first-order valence-electron chi connectivity index (χ1n) is 17.7. The third kappa shape index (κ3) is 6.04. The molecular weight excluding hydrogens is 672 g/mol. The highest BCUT2D eigenvalue weighted by molar-refractivity contribution is 6.72. The maximum atomic E-state index is 16.5. The number of piperidine rings is 1. The standard InChI is InChI=1S/C38H43FN4O7Si/c1-24-36(51(2,3)39)33(20-35(46)41-22-27-11-5-4-10-26(27)18-30(41)23-44)50-38(24)31-19-29(43(48)49)14-15-32(31)42(37(38)47)21-25-9-8-12-28(17-25)40-16-7-6-13-34(40)45/h4-5,8-12,14-15,17,19,24,30,33,36,44H,6-7,13,16,18,20-23H2,1-3H3/t24-,30-,33+,36-,38+/m0/s1. The van der Waals surface area contributed by atoms with E-state index in [-0.39, 0.29) is 42.6 Å². The van der Waals surface area contributed by atoms with Gasteiger partial charge in [-0.25, -0.2) is 0 Å². The molecule has 4 aliphatic heterocycles. The topological polar surface area (TPSA) is 134 Å². The predicted molar refractivity (Wildman–Crippen MR) is 191 cm³/mol. The third-order valence-electron chi connectivity index (χ3n) is 11.3. The van der Waals surface area contributed by atoms with Crippen molar-refractivity contribution >= 4 is 43.2 Å². The van der Waals surface area contributed by atoms with Gasteiger partial charge in [0.1, 0.15) is 0 Å². The summed E-state index contributed by atoms with van der Waals surface area (Å²) in [6.45, 7) is 5.59. The Labute approximate surface area is 297 Å². The highest BCUT2D eigenvalue weighted by Crippen LogP contribution is 2.60. The number of hydrogen-bond donors (Lipinski definition) is 1. The van der Waals surface area contributed by atoms with Crippen molar-refractivity contribution in [3.8, 4) is 0 Å². The number of rotatable bonds is 8. The van der Waals surface area contributed by atoms with E-state index in [9.17, 15) is 29.6 Å². The quantitative estimate of drug-likeness (QED) is 0.136. The van der Waals surface area contributed by atoms with Gasteiger partial charge in [0.15, 0.2) is 5.60 Å². The molecule has 0 aromatic heterocycles. The van der Waals surface area contributed by atoms with E-state index in [4.69, 9.17) is 4.74 Å². The minimum Gasteiger partial charge on any atom is -0.394 e. The van der Waals surface area contributed by atoms with E-state index in [0.717, 1.165) is 35.2 Å². The van der Waals surface area contributed by atoms with E-state index in [0.29, 0.717) is 31.6 Å². The SMILES string of the molecule is C[C@H]1[C@H]([Si](C)(C)F)[C@@H](CC(=O)N2Cc3ccccc3C[C@H]2CO)O[C@]12C(=O)N(Cc1cccc(N3CCCCC3=O)c1)c1ccc([N+](=O)[O-])cc12. The second kappa shape index (κ2) is 13.3. The minimum atomic E-state index is -3.65. The third-order valence-corrected chi connectivity index (χ3v) is 13.8. The summed E-state index contributed by atoms with van der Waals surface area (Å²) in [6.07, 6.45) is 1.51. The summed E-state index contributed by atoms with van der Waals surface area (Å²) in [4.78, 5) is 58.1. The molecule has 4 heterocycles. The van der Waals surface area contributed by atoms with Gasteiger partial charge in [0.25, 0.3) is 11.6 Å². The number of fused-ring (bicyclic) bond motifs is 3. The maximum absolute atomic E-state index is 16.5. The van der Waals surface area contributed by atoms with Crippen LogP contribution in [0.3, 0.4) is 0 Å². The zero-order valence-electron chi connectivity index (χ0n) is 29.1. The molecule has 4 aliphatic rings. The molecule has 1 spiro atoms. The Kier molecular flexibility index (Phi) is 9.09. The molecule has 5 atom stereocenters. The van der Waals surface area contributed by atoms with Crippen LogP contribution in [0.4, 0.5) is 21.2 Å². The van der Waals surface area contributed by atoms with Gasteiger partial charge in [0.2, 0.25) is 20.2 Å². The molecule has 3 aromatic rings. The van der Waals surface area contributed by atoms with Crippen LogP contribution in [-0.2, 0) is 44.2 Å². The number of benzene rings is 3. The molecule has 2 saturated heterocycles. The zero-order valence-corrected chi connectivity index (χ0v) is 30.1. The average molecular weight is 715 g/mol. The molecule has 11 nitrogen and oxygen atoms in total. The molecule has 7 rings (SSSR count). The van der Waals surface area contributed by atoms with Crippen molar-refractivity contribution in [3.05, 3.63) is 99.1 Å². The maximum Gasteiger partial charge on any atom is 0.269 e. The van der Waals surface area contributed by atoms with Crippen LogP contribution in [-0.4, -0.2) is 66.4 Å². The molecule has 13 heteroatoms. The van der Waals surface area contributed by atoms with Crippen LogP contribution in [0.2, 0.25) is 18.6 Å². The molecular formula is C38H43FN4O7Si. The van der Waals surface area contributed by atoms with E-state index in [2.05, 4.69) is 0 Å². The van der Waals surface area contributed by atoms with Crippen molar-refractivity contribution in [2.75, 3.05) is 23.0 Å². The lowest BCUT2D eigenvalue weighted by Crippen LogP contribution is -2.48. The minimum absolute atomic E-state index is 0.0455. The molecule has 3 amide bonds. The molecule has 268 valence electrons. The number of aliphatic hydroxyl groups excluding tert-OH is 1. The number of nitrogens with zero attached hydrogens (tertiary/aromatic N) is 4. The van der Waals surface area contributed by atoms with Crippen molar-refractivity contribution in [3.63, 3.8) is 0 Å². The second-order valence-corrected chi connectivity index (χ2v) is 18.6. The Morgan fingerprint density at radius 1 is 1.08 bits per heavy atom. The highest BCUT2D eigenvalue weighted by atomic mass is 28.4. The van der Waals surface area contributed by atoms with Gasteiger partial charge >= 0.3 is 0 Å². The molecule has 1 N–H and O–H groups in total. The van der Waals surface area contributed by atoms with Gasteiger partial charge in [-0.3, -0.25) is 24.5 Å². The number of nitro groups is 1. The summed E-state index contributed by atoms with van der Waals surface area (Å²) in [5.74, 6) is -1.49. The van der Waals surface area contributed by atoms with Gasteiger partial charge in [-0.15, -0.1) is 0 Å². The number of anilines is 2. The van der Waals surface area contributed by atoms with Crippen molar-refractivity contribution in [1.82, 2.24) is 4.90 Å². The number of non-ortho nitro benzene ring substituents is 1. The predicted octanol–water partition coefficient (Wildman–Crippen LogP) is 5.77. The number of aliphatic hydroxyl groups is 1. The van der Waals surface area contributed by atoms with Crippen molar-refractivity contribution in [2.45, 2.75) is 88.5 Å². The molecule has 51 heavy (non-hydrogen) atoms. The van der Waals surface area contributed by atoms with Crippen LogP contribution in [0.1, 0.15) is 54.9 Å². The Balaban J connectivity index is 1.24. The normalized spacial score (nSPS) is 26.1. The van der Waals surface area contributed by atoms with Crippen LogP contribution in [0.25, 0.3) is 0 Å². The largest absolute Gasteiger partial charge is 0.394 e. The summed E-state index contributed by atoms with van der Waals surface area (Å²) in [7, 11) is -3.65. The van der Waals surface area contributed by atoms with E-state index in [1.807, 2.05) is 48.5 Å². The monoisotopic (exact) mass is 714 g/mol. The number of nitro benzene ring substituents is 1. The fourth-order valence-electron chi connectivity index (χ4n) is 8.92. The Morgan fingerprint density at radius 3 is 2.55 bits per heavy atom. The Bertz CT molecular complexity index is 1900. The number of hydrogen-bond acceptors (Lipinski definition) is 7. The molecule has 0 bridgehead atoms. The van der Waals surface area contributed by atoms with Crippen molar-refractivity contribution in [1.29, 1.82) is 0 Å². The highest BCUT2D eigenvalue weighted by Gasteiger charge is 2.67. The van der Waals surface area contributed by atoms with Crippen LogP contribution in [0.5, 0.6) is 0 Å². The lowest BCUT2D eigenvalue weighted by molar-refractivity contribution is -0.385. The van der Waals surface area contributed by atoms with E-state index in [1.54, 1.807) is 29.8 Å². The Hall–Kier alpha value is -4.46. The Morgan fingerprint density at radius 2 is 1.84 bits per heavy atom. The number of halogens is 1. The summed E-state index contributed by atoms with van der Waals surface area (Å²) in [6, 6.07) is 19.0. The molecule has 0 saturated carbocycles. The summed E-state index contributed by atoms with van der Waals surface area (Å²) in [5.41, 5.74) is 1.44. The molecule has 0 unspecified atom stereocenters. The molecule has 3 aromatic carbocycles. The van der Waals surface area contributed by atoms with E-state index in [1.165, 1.54) is 23.1 Å². The summed E-state index contributed by atoms with van der Waals surface area (Å²) in [5, 5.41) is 22.3.